The van der Waals surface area contributed by atoms with Gasteiger partial charge in [0.25, 0.3) is 0 Å². The van der Waals surface area contributed by atoms with Gasteiger partial charge in [0.15, 0.2) is 11.9 Å². The molecular formula is C33H29NO6. The number of aliphatic carboxylic acids is 1. The molecular weight excluding hydrogens is 506 g/mol. The first-order valence-corrected chi connectivity index (χ1v) is 13.4. The van der Waals surface area contributed by atoms with Gasteiger partial charge >= 0.3 is 12.1 Å². The summed E-state index contributed by atoms with van der Waals surface area (Å²) in [4.78, 5) is 25.0. The molecule has 2 unspecified atom stereocenters. The van der Waals surface area contributed by atoms with Crippen LogP contribution in [0.5, 0.6) is 11.5 Å². The Labute approximate surface area is 232 Å². The van der Waals surface area contributed by atoms with Crippen molar-refractivity contribution < 1.29 is 28.9 Å². The highest BCUT2D eigenvalue weighted by Gasteiger charge is 2.34. The van der Waals surface area contributed by atoms with E-state index in [1.165, 1.54) is 0 Å². The van der Waals surface area contributed by atoms with Crippen LogP contribution in [-0.4, -0.2) is 29.9 Å². The van der Waals surface area contributed by atoms with Gasteiger partial charge in [0.2, 0.25) is 0 Å². The lowest BCUT2D eigenvalue weighted by Gasteiger charge is -2.31. The van der Waals surface area contributed by atoms with Crippen molar-refractivity contribution in [1.82, 2.24) is 0 Å². The number of anilines is 1. The molecule has 4 aromatic rings. The smallest absolute Gasteiger partial charge is 0.411 e. The van der Waals surface area contributed by atoms with Crippen LogP contribution in [-0.2, 0) is 14.3 Å². The summed E-state index contributed by atoms with van der Waals surface area (Å²) in [5, 5.41) is 12.6. The number of hydrogen-bond donors (Lipinski definition) is 2. The molecule has 40 heavy (non-hydrogen) atoms. The second-order valence-electron chi connectivity index (χ2n) is 9.95. The molecule has 6 rings (SSSR count). The Morgan fingerprint density at radius 3 is 2.15 bits per heavy atom. The highest BCUT2D eigenvalue weighted by atomic mass is 16.6. The topological polar surface area (TPSA) is 94.1 Å². The molecule has 2 atom stereocenters. The highest BCUT2D eigenvalue weighted by molar-refractivity contribution is 5.88. The standard InChI is InChI=1S/C33H29NO6/c1-2-10-29(32(35)36)40-30-24-15-7-8-18-28(24)39-31-25(30)16-9-17-27(31)34-33(37)38-19-26-22-13-5-3-11-20(22)21-12-4-6-14-23(21)26/h3-9,11-18,26,29-30H,2,10,19H2,1H3,(H,34,37)(H,35,36). The normalized spacial score (nSPS) is 15.6. The van der Waals surface area contributed by atoms with Crippen LogP contribution < -0.4 is 10.1 Å². The van der Waals surface area contributed by atoms with E-state index in [4.69, 9.17) is 14.2 Å². The van der Waals surface area contributed by atoms with Gasteiger partial charge in [0.05, 0.1) is 5.69 Å². The number of ether oxygens (including phenoxy) is 3. The zero-order valence-corrected chi connectivity index (χ0v) is 22.0. The van der Waals surface area contributed by atoms with Crippen molar-refractivity contribution in [1.29, 1.82) is 0 Å². The molecule has 202 valence electrons. The van der Waals surface area contributed by atoms with Gasteiger partial charge in [0.1, 0.15) is 18.5 Å². The van der Waals surface area contributed by atoms with Gasteiger partial charge in [-0.05, 0) is 40.8 Å². The first kappa shape index (κ1) is 25.6. The van der Waals surface area contributed by atoms with Crippen LogP contribution in [0, 0.1) is 0 Å². The fraction of sp³-hybridized carbons (Fsp3) is 0.212. The van der Waals surface area contributed by atoms with E-state index in [-0.39, 0.29) is 12.5 Å². The third-order valence-corrected chi connectivity index (χ3v) is 7.45. The summed E-state index contributed by atoms with van der Waals surface area (Å²) in [6.45, 7) is 2.10. The Bertz CT molecular complexity index is 1540. The third kappa shape index (κ3) is 4.69. The zero-order valence-electron chi connectivity index (χ0n) is 22.0. The van der Waals surface area contributed by atoms with E-state index in [0.29, 0.717) is 35.6 Å². The largest absolute Gasteiger partial charge is 0.479 e. The zero-order chi connectivity index (χ0) is 27.6. The number of carboxylic acids is 1. The van der Waals surface area contributed by atoms with Crippen LogP contribution in [0.3, 0.4) is 0 Å². The number of hydrogen-bond acceptors (Lipinski definition) is 5. The summed E-state index contributed by atoms with van der Waals surface area (Å²) in [5.74, 6) is -0.127. The molecule has 1 heterocycles. The molecule has 2 N–H and O–H groups in total. The van der Waals surface area contributed by atoms with Gasteiger partial charge < -0.3 is 19.3 Å². The van der Waals surface area contributed by atoms with Crippen molar-refractivity contribution in [2.45, 2.75) is 37.9 Å². The van der Waals surface area contributed by atoms with Crippen LogP contribution >= 0.6 is 0 Å². The quantitative estimate of drug-likeness (QED) is 0.242. The van der Waals surface area contributed by atoms with Gasteiger partial charge in [-0.2, -0.15) is 0 Å². The number of nitrogens with one attached hydrogen (secondary N) is 1. The van der Waals surface area contributed by atoms with Crippen LogP contribution in [0.25, 0.3) is 11.1 Å². The Kier molecular flexibility index (Phi) is 6.97. The molecule has 7 nitrogen and oxygen atoms in total. The molecule has 4 aromatic carbocycles. The summed E-state index contributed by atoms with van der Waals surface area (Å²) >= 11 is 0. The van der Waals surface area contributed by atoms with Gasteiger partial charge in [-0.1, -0.05) is 92.2 Å². The van der Waals surface area contributed by atoms with Crippen LogP contribution in [0.15, 0.2) is 91.0 Å². The lowest BCUT2D eigenvalue weighted by atomic mass is 9.95. The molecule has 1 amide bonds. The summed E-state index contributed by atoms with van der Waals surface area (Å²) in [6, 6.07) is 29.0. The molecule has 7 heteroatoms. The van der Waals surface area contributed by atoms with E-state index in [9.17, 15) is 14.7 Å². The van der Waals surface area contributed by atoms with Gasteiger partial charge in [0, 0.05) is 17.0 Å². The molecule has 1 aliphatic heterocycles. The maximum atomic E-state index is 13.1. The third-order valence-electron chi connectivity index (χ3n) is 7.45. The molecule has 0 bridgehead atoms. The van der Waals surface area contributed by atoms with Crippen LogP contribution in [0.1, 0.15) is 54.0 Å². The Balaban J connectivity index is 1.24. The number of carbonyl (C=O) groups is 2. The molecule has 0 saturated carbocycles. The van der Waals surface area contributed by atoms with Crippen molar-refractivity contribution in [3.63, 3.8) is 0 Å². The molecule has 0 spiro atoms. The Morgan fingerprint density at radius 1 is 0.850 bits per heavy atom. The first-order chi connectivity index (χ1) is 19.5. The average Bonchev–Trinajstić information content (AvgIpc) is 3.29. The minimum Gasteiger partial charge on any atom is -0.479 e. The number of amides is 1. The number of rotatable bonds is 8. The van der Waals surface area contributed by atoms with E-state index >= 15 is 0 Å². The Hall–Kier alpha value is -4.62. The number of benzene rings is 4. The molecule has 0 fully saturated rings. The van der Waals surface area contributed by atoms with Crippen molar-refractivity contribution in [2.75, 3.05) is 11.9 Å². The van der Waals surface area contributed by atoms with E-state index in [1.807, 2.05) is 55.5 Å². The van der Waals surface area contributed by atoms with Crippen molar-refractivity contribution >= 4 is 17.7 Å². The molecule has 0 saturated heterocycles. The predicted molar refractivity (Wildman–Crippen MR) is 151 cm³/mol. The van der Waals surface area contributed by atoms with Gasteiger partial charge in [-0.25, -0.2) is 9.59 Å². The summed E-state index contributed by atoms with van der Waals surface area (Å²) in [7, 11) is 0. The summed E-state index contributed by atoms with van der Waals surface area (Å²) < 4.78 is 18.1. The fourth-order valence-electron chi connectivity index (χ4n) is 5.61. The summed E-state index contributed by atoms with van der Waals surface area (Å²) in [5.41, 5.74) is 6.37. The number of fused-ring (bicyclic) bond motifs is 5. The van der Waals surface area contributed by atoms with Gasteiger partial charge in [-0.15, -0.1) is 0 Å². The minimum absolute atomic E-state index is 0.0599. The number of para-hydroxylation sites is 2. The lowest BCUT2D eigenvalue weighted by Crippen LogP contribution is -2.28. The minimum atomic E-state index is -1.01. The second kappa shape index (κ2) is 10.9. The number of carbonyl (C=O) groups excluding carboxylic acids is 1. The highest BCUT2D eigenvalue weighted by Crippen LogP contribution is 2.49. The van der Waals surface area contributed by atoms with Crippen molar-refractivity contribution in [3.05, 3.63) is 113 Å². The van der Waals surface area contributed by atoms with Crippen molar-refractivity contribution in [2.24, 2.45) is 0 Å². The lowest BCUT2D eigenvalue weighted by molar-refractivity contribution is -0.153. The number of carboxylic acid groups (broad SMARTS) is 1. The van der Waals surface area contributed by atoms with E-state index in [2.05, 4.69) is 29.6 Å². The molecule has 1 aliphatic carbocycles. The van der Waals surface area contributed by atoms with E-state index in [0.717, 1.165) is 27.8 Å². The maximum absolute atomic E-state index is 13.1. The maximum Gasteiger partial charge on any atom is 0.411 e. The summed E-state index contributed by atoms with van der Waals surface area (Å²) in [6.07, 6.45) is -1.21. The molecule has 2 aliphatic rings. The first-order valence-electron chi connectivity index (χ1n) is 13.4. The second-order valence-corrected chi connectivity index (χ2v) is 9.95. The average molecular weight is 536 g/mol. The van der Waals surface area contributed by atoms with Crippen LogP contribution in [0.4, 0.5) is 10.5 Å². The monoisotopic (exact) mass is 535 g/mol. The fourth-order valence-corrected chi connectivity index (χ4v) is 5.61. The SMILES string of the molecule is CCCC(OC1c2ccccc2Oc2c(NC(=O)OCC3c4ccccc4-c4ccccc43)cccc21)C(=O)O. The molecule has 0 radical (unpaired) electrons. The molecule has 0 aromatic heterocycles. The Morgan fingerprint density at radius 2 is 1.48 bits per heavy atom. The van der Waals surface area contributed by atoms with Gasteiger partial charge in [-0.3, -0.25) is 5.32 Å². The predicted octanol–water partition coefficient (Wildman–Crippen LogP) is 7.51. The van der Waals surface area contributed by atoms with Crippen LogP contribution in [0.2, 0.25) is 0 Å². The van der Waals surface area contributed by atoms with Crippen molar-refractivity contribution in [3.8, 4) is 22.6 Å². The van der Waals surface area contributed by atoms with E-state index < -0.39 is 24.3 Å². The van der Waals surface area contributed by atoms with E-state index in [1.54, 1.807) is 18.2 Å².